The Bertz CT molecular complexity index is 1190. The molecule has 2 heterocycles. The molecule has 0 fully saturated rings. The lowest BCUT2D eigenvalue weighted by atomic mass is 9.94. The quantitative estimate of drug-likeness (QED) is 0.196. The van der Waals surface area contributed by atoms with Gasteiger partial charge in [-0.3, -0.25) is 9.78 Å². The van der Waals surface area contributed by atoms with Gasteiger partial charge in [0.1, 0.15) is 5.82 Å². The summed E-state index contributed by atoms with van der Waals surface area (Å²) in [5, 5.41) is 3.49. The molecule has 0 spiro atoms. The molecule has 0 bridgehead atoms. The summed E-state index contributed by atoms with van der Waals surface area (Å²) >= 11 is 0. The van der Waals surface area contributed by atoms with E-state index in [2.05, 4.69) is 82.2 Å². The van der Waals surface area contributed by atoms with E-state index in [4.69, 9.17) is 4.98 Å². The van der Waals surface area contributed by atoms with Gasteiger partial charge in [-0.2, -0.15) is 0 Å². The highest BCUT2D eigenvalue weighted by molar-refractivity contribution is 5.97. The van der Waals surface area contributed by atoms with Crippen LogP contribution < -0.4 is 10.2 Å². The van der Waals surface area contributed by atoms with Crippen LogP contribution in [0.3, 0.4) is 0 Å². The van der Waals surface area contributed by atoms with Crippen LogP contribution in [-0.4, -0.2) is 17.8 Å². The molecule has 0 atom stereocenters. The summed E-state index contributed by atoms with van der Waals surface area (Å²) in [7, 11) is 2.08. The van der Waals surface area contributed by atoms with Crippen molar-refractivity contribution in [3.8, 4) is 0 Å². The van der Waals surface area contributed by atoms with Gasteiger partial charge in [-0.15, -0.1) is 0 Å². The van der Waals surface area contributed by atoms with Gasteiger partial charge in [-0.1, -0.05) is 50.5 Å². The predicted molar refractivity (Wildman–Crippen MR) is 155 cm³/mol. The number of carbonyl (C=O) groups excluding carboxylic acids is 1. The number of aromatic nitrogens is 1. The van der Waals surface area contributed by atoms with E-state index in [1.807, 2.05) is 19.1 Å². The highest BCUT2D eigenvalue weighted by Gasteiger charge is 2.20. The van der Waals surface area contributed by atoms with E-state index in [1.165, 1.54) is 28.0 Å². The van der Waals surface area contributed by atoms with E-state index in [-0.39, 0.29) is 5.78 Å². The molecule has 1 N–H and O–H groups in total. The second kappa shape index (κ2) is 12.7. The number of hydrogen-bond acceptors (Lipinski definition) is 4. The Kier molecular flexibility index (Phi) is 9.69. The van der Waals surface area contributed by atoms with Crippen molar-refractivity contribution in [3.63, 3.8) is 0 Å². The number of pyridine rings is 1. The van der Waals surface area contributed by atoms with E-state index in [0.717, 1.165) is 67.0 Å². The van der Waals surface area contributed by atoms with Crippen molar-refractivity contribution >= 4 is 22.7 Å². The molecule has 1 aromatic carbocycles. The number of Topliss-reactive ketones (excluding diaryl/α,β-unsaturated/α-hetero) is 1. The minimum absolute atomic E-state index is 0.191. The second-order valence-electron chi connectivity index (χ2n) is 9.96. The van der Waals surface area contributed by atoms with Crippen LogP contribution >= 0.6 is 0 Å². The Balaban J connectivity index is 1.73. The smallest absolute Gasteiger partial charge is 0.163 e. The van der Waals surface area contributed by atoms with Crippen LogP contribution in [0.15, 0.2) is 59.5 Å². The number of hydrogen-bond donors (Lipinski definition) is 1. The molecule has 192 valence electrons. The summed E-state index contributed by atoms with van der Waals surface area (Å²) in [6.45, 7) is 12.9. The van der Waals surface area contributed by atoms with Gasteiger partial charge in [0.25, 0.3) is 0 Å². The third-order valence-electron chi connectivity index (χ3n) is 6.94. The number of nitrogens with one attached hydrogen (secondary N) is 1. The van der Waals surface area contributed by atoms with E-state index in [9.17, 15) is 4.79 Å². The van der Waals surface area contributed by atoms with Crippen LogP contribution in [0, 0.1) is 13.8 Å². The molecule has 4 heteroatoms. The molecule has 0 saturated heterocycles. The molecule has 2 aromatic rings. The standard InChI is InChI=1S/C32H43N3O/c1-8-13-25(10-3)27(18-22(4)9-2)29-21-26(20-24(6)33-29)31(36)14-11-12-15-32-34-28-17-16-23(5)19-30(28)35(32)7/h15-21,34H,8-14H2,1-7H3/b22-18-,27-25+,32-15-. The monoisotopic (exact) mass is 485 g/mol. The molecule has 0 amide bonds. The Labute approximate surface area is 218 Å². The van der Waals surface area contributed by atoms with Crippen LogP contribution in [0.4, 0.5) is 11.4 Å². The molecule has 0 aliphatic carbocycles. The van der Waals surface area contributed by atoms with Gasteiger partial charge in [0.2, 0.25) is 0 Å². The van der Waals surface area contributed by atoms with Crippen molar-refractivity contribution in [1.82, 2.24) is 4.98 Å². The predicted octanol–water partition coefficient (Wildman–Crippen LogP) is 8.77. The molecule has 0 saturated carbocycles. The molecular formula is C32H43N3O. The fourth-order valence-corrected chi connectivity index (χ4v) is 4.69. The van der Waals surface area contributed by atoms with Crippen LogP contribution in [-0.2, 0) is 0 Å². The van der Waals surface area contributed by atoms with Crippen molar-refractivity contribution in [2.75, 3.05) is 17.3 Å². The third-order valence-corrected chi connectivity index (χ3v) is 6.94. The van der Waals surface area contributed by atoms with Gasteiger partial charge >= 0.3 is 0 Å². The fourth-order valence-electron chi connectivity index (χ4n) is 4.69. The molecule has 3 rings (SSSR count). The van der Waals surface area contributed by atoms with E-state index >= 15 is 0 Å². The van der Waals surface area contributed by atoms with Crippen LogP contribution in [0.25, 0.3) is 5.57 Å². The first-order chi connectivity index (χ1) is 17.3. The summed E-state index contributed by atoms with van der Waals surface area (Å²) < 4.78 is 0. The lowest BCUT2D eigenvalue weighted by molar-refractivity contribution is 0.0980. The van der Waals surface area contributed by atoms with Crippen molar-refractivity contribution in [2.45, 2.75) is 86.5 Å². The number of aryl methyl sites for hydroxylation is 2. The molecule has 0 unspecified atom stereocenters. The second-order valence-corrected chi connectivity index (χ2v) is 9.96. The first-order valence-electron chi connectivity index (χ1n) is 13.5. The average Bonchev–Trinajstić information content (AvgIpc) is 3.17. The van der Waals surface area contributed by atoms with Gasteiger partial charge in [0.15, 0.2) is 5.78 Å². The summed E-state index contributed by atoms with van der Waals surface area (Å²) in [5.41, 5.74) is 10.1. The van der Waals surface area contributed by atoms with Crippen molar-refractivity contribution in [2.24, 2.45) is 0 Å². The number of carbonyl (C=O) groups is 1. The largest absolute Gasteiger partial charge is 0.340 e. The van der Waals surface area contributed by atoms with Crippen LogP contribution in [0.5, 0.6) is 0 Å². The van der Waals surface area contributed by atoms with Gasteiger partial charge < -0.3 is 10.2 Å². The summed E-state index contributed by atoms with van der Waals surface area (Å²) in [6.07, 6.45) is 10.8. The van der Waals surface area contributed by atoms with E-state index in [0.29, 0.717) is 6.42 Å². The van der Waals surface area contributed by atoms with Crippen LogP contribution in [0.1, 0.15) is 99.9 Å². The maximum absolute atomic E-state index is 13.2. The van der Waals surface area contributed by atoms with Crippen molar-refractivity contribution < 1.29 is 4.79 Å². The third kappa shape index (κ3) is 6.75. The van der Waals surface area contributed by atoms with Crippen molar-refractivity contribution in [1.29, 1.82) is 0 Å². The number of anilines is 2. The SMILES string of the molecule is CCC/C(CC)=C(\C=C(\C)CC)c1cc(C(=O)CCC/C=C2/Nc3ccc(C)cc3N2C)cc(C)n1. The summed E-state index contributed by atoms with van der Waals surface area (Å²) in [4.78, 5) is 20.2. The zero-order chi connectivity index (χ0) is 26.2. The van der Waals surface area contributed by atoms with Crippen LogP contribution in [0.2, 0.25) is 0 Å². The highest BCUT2D eigenvalue weighted by atomic mass is 16.1. The number of rotatable bonds is 11. The Hall–Kier alpha value is -3.14. The van der Waals surface area contributed by atoms with Gasteiger partial charge in [0.05, 0.1) is 17.1 Å². The first-order valence-corrected chi connectivity index (χ1v) is 13.5. The minimum atomic E-state index is 0.191. The molecule has 36 heavy (non-hydrogen) atoms. The Morgan fingerprint density at radius 1 is 1.06 bits per heavy atom. The number of fused-ring (bicyclic) bond motifs is 1. The molecular weight excluding hydrogens is 442 g/mol. The molecule has 1 aromatic heterocycles. The number of ketones is 1. The zero-order valence-electron chi connectivity index (χ0n) is 23.3. The summed E-state index contributed by atoms with van der Waals surface area (Å²) in [6, 6.07) is 10.4. The first kappa shape index (κ1) is 27.4. The van der Waals surface area contributed by atoms with E-state index in [1.54, 1.807) is 0 Å². The van der Waals surface area contributed by atoms with Crippen molar-refractivity contribution in [3.05, 3.63) is 82.0 Å². The molecule has 0 radical (unpaired) electrons. The number of allylic oxidation sites excluding steroid dienone is 5. The van der Waals surface area contributed by atoms with Gasteiger partial charge in [-0.25, -0.2) is 0 Å². The lowest BCUT2D eigenvalue weighted by Gasteiger charge is -2.14. The topological polar surface area (TPSA) is 45.2 Å². The maximum atomic E-state index is 13.2. The van der Waals surface area contributed by atoms with Gasteiger partial charge in [0, 0.05) is 24.7 Å². The summed E-state index contributed by atoms with van der Waals surface area (Å²) in [5.74, 6) is 1.27. The number of unbranched alkanes of at least 4 members (excludes halogenated alkanes) is 1. The van der Waals surface area contributed by atoms with Gasteiger partial charge in [-0.05, 0) is 94.4 Å². The maximum Gasteiger partial charge on any atom is 0.163 e. The number of benzene rings is 1. The Morgan fingerprint density at radius 2 is 1.83 bits per heavy atom. The Morgan fingerprint density at radius 3 is 2.53 bits per heavy atom. The lowest BCUT2D eigenvalue weighted by Crippen LogP contribution is -2.14. The number of nitrogens with zero attached hydrogens (tertiary/aromatic N) is 2. The minimum Gasteiger partial charge on any atom is -0.340 e. The molecule has 1 aliphatic heterocycles. The van der Waals surface area contributed by atoms with E-state index < -0.39 is 0 Å². The zero-order valence-corrected chi connectivity index (χ0v) is 23.3. The highest BCUT2D eigenvalue weighted by Crippen LogP contribution is 2.36. The normalized spacial score (nSPS) is 15.1. The molecule has 4 nitrogen and oxygen atoms in total. The average molecular weight is 486 g/mol. The molecule has 1 aliphatic rings. The fraction of sp³-hybridized carbons (Fsp3) is 0.438.